The van der Waals surface area contributed by atoms with E-state index in [2.05, 4.69) is 5.10 Å². The molecule has 0 aliphatic carbocycles. The van der Waals surface area contributed by atoms with Crippen molar-refractivity contribution in [1.82, 2.24) is 9.78 Å². The molecule has 1 aromatic heterocycles. The molecule has 9 heteroatoms. The van der Waals surface area contributed by atoms with Gasteiger partial charge in [0.15, 0.2) is 5.69 Å². The number of halogens is 5. The summed E-state index contributed by atoms with van der Waals surface area (Å²) < 4.78 is 67.7. The molecule has 0 fully saturated rings. The van der Waals surface area contributed by atoms with Crippen LogP contribution >= 0.6 is 0 Å². The van der Waals surface area contributed by atoms with E-state index in [1.165, 1.54) is 25.2 Å². The minimum absolute atomic E-state index is 0.00323. The van der Waals surface area contributed by atoms with Crippen molar-refractivity contribution in [2.45, 2.75) is 6.18 Å². The summed E-state index contributed by atoms with van der Waals surface area (Å²) in [6, 6.07) is 8.18. The summed E-state index contributed by atoms with van der Waals surface area (Å²) in [6.07, 6.45) is -3.57. The van der Waals surface area contributed by atoms with Gasteiger partial charge in [-0.3, -0.25) is 14.4 Å². The molecule has 2 aromatic carbocycles. The third kappa shape index (κ3) is 3.67. The molecule has 0 spiro atoms. The van der Waals surface area contributed by atoms with Gasteiger partial charge in [-0.25, -0.2) is 8.78 Å². The summed E-state index contributed by atoms with van der Waals surface area (Å²) in [7, 11) is 1.28. The molecule has 3 rings (SSSR count). The fourth-order valence-corrected chi connectivity index (χ4v) is 2.68. The van der Waals surface area contributed by atoms with Gasteiger partial charge in [0.25, 0.3) is 0 Å². The molecule has 1 amide bonds. The third-order valence-corrected chi connectivity index (χ3v) is 3.82. The summed E-state index contributed by atoms with van der Waals surface area (Å²) in [5, 5.41) is 3.38. The number of nitrogens with zero attached hydrogens (tertiary/aromatic N) is 3. The summed E-state index contributed by atoms with van der Waals surface area (Å²) in [5.41, 5.74) is -1.31. The van der Waals surface area contributed by atoms with Crippen LogP contribution in [0.1, 0.15) is 5.69 Å². The normalized spacial score (nSPS) is 11.5. The lowest BCUT2D eigenvalue weighted by molar-refractivity contribution is -0.140. The molecule has 27 heavy (non-hydrogen) atoms. The number of hydrogen-bond acceptors (Lipinski definition) is 2. The van der Waals surface area contributed by atoms with E-state index >= 15 is 0 Å². The van der Waals surface area contributed by atoms with Crippen molar-refractivity contribution in [3.05, 3.63) is 66.0 Å². The van der Waals surface area contributed by atoms with E-state index in [0.29, 0.717) is 5.56 Å². The number of aromatic nitrogens is 2. The van der Waals surface area contributed by atoms with E-state index in [1.54, 1.807) is 0 Å². The minimum Gasteiger partial charge on any atom is -0.279 e. The van der Waals surface area contributed by atoms with Gasteiger partial charge in [-0.1, -0.05) is 12.1 Å². The molecular weight excluding hydrogens is 369 g/mol. The number of benzene rings is 2. The predicted octanol–water partition coefficient (Wildman–Crippen LogP) is 4.68. The van der Waals surface area contributed by atoms with Gasteiger partial charge in [-0.2, -0.15) is 18.3 Å². The second-order valence-electron chi connectivity index (χ2n) is 5.68. The molecule has 0 N–H and O–H groups in total. The first kappa shape index (κ1) is 18.6. The maximum Gasteiger partial charge on any atom is 0.437 e. The molecule has 0 saturated heterocycles. The van der Waals surface area contributed by atoms with Crippen LogP contribution in [-0.2, 0) is 18.0 Å². The van der Waals surface area contributed by atoms with Gasteiger partial charge in [-0.15, -0.1) is 0 Å². The molecule has 0 aliphatic heterocycles. The SMILES string of the molecule is Cn1cc(N(C=O)c2ccc(F)cc2-c2ccc(F)cc2)c(C(F)(F)F)n1. The van der Waals surface area contributed by atoms with Crippen LogP contribution < -0.4 is 4.90 Å². The Morgan fingerprint density at radius 3 is 2.22 bits per heavy atom. The Bertz CT molecular complexity index is 980. The number of aryl methyl sites for hydroxylation is 1. The van der Waals surface area contributed by atoms with Gasteiger partial charge in [0, 0.05) is 18.8 Å². The Labute approximate surface area is 150 Å². The molecule has 3 aromatic rings. The zero-order valence-corrected chi connectivity index (χ0v) is 13.8. The van der Waals surface area contributed by atoms with Crippen LogP contribution in [0.15, 0.2) is 48.7 Å². The smallest absolute Gasteiger partial charge is 0.279 e. The van der Waals surface area contributed by atoms with Crippen LogP contribution in [0.4, 0.5) is 33.3 Å². The molecule has 0 aliphatic rings. The Morgan fingerprint density at radius 1 is 1.00 bits per heavy atom. The van der Waals surface area contributed by atoms with Crippen LogP contribution in [0.5, 0.6) is 0 Å². The molecular formula is C18H12F5N3O. The van der Waals surface area contributed by atoms with E-state index in [-0.39, 0.29) is 17.7 Å². The first-order valence-electron chi connectivity index (χ1n) is 7.61. The summed E-state index contributed by atoms with van der Waals surface area (Å²) in [5.74, 6) is -1.19. The number of anilines is 2. The van der Waals surface area contributed by atoms with Crippen molar-refractivity contribution < 1.29 is 26.7 Å². The number of carbonyl (C=O) groups is 1. The maximum atomic E-state index is 13.8. The van der Waals surface area contributed by atoms with Crippen LogP contribution in [-0.4, -0.2) is 16.2 Å². The van der Waals surface area contributed by atoms with Crippen molar-refractivity contribution >= 4 is 17.8 Å². The lowest BCUT2D eigenvalue weighted by atomic mass is 10.0. The van der Waals surface area contributed by atoms with E-state index in [4.69, 9.17) is 0 Å². The third-order valence-electron chi connectivity index (χ3n) is 3.82. The second-order valence-corrected chi connectivity index (χ2v) is 5.68. The van der Waals surface area contributed by atoms with Crippen molar-refractivity contribution in [2.24, 2.45) is 7.05 Å². The molecule has 0 atom stereocenters. The monoisotopic (exact) mass is 381 g/mol. The zero-order valence-electron chi connectivity index (χ0n) is 13.8. The fourth-order valence-electron chi connectivity index (χ4n) is 2.68. The van der Waals surface area contributed by atoms with E-state index in [1.807, 2.05) is 0 Å². The average Bonchev–Trinajstić information content (AvgIpc) is 2.99. The Balaban J connectivity index is 2.21. The zero-order chi connectivity index (χ0) is 19.8. The van der Waals surface area contributed by atoms with Crippen molar-refractivity contribution in [3.63, 3.8) is 0 Å². The molecule has 0 radical (unpaired) electrons. The van der Waals surface area contributed by atoms with E-state index in [9.17, 15) is 26.7 Å². The van der Waals surface area contributed by atoms with Crippen LogP contribution in [0.25, 0.3) is 11.1 Å². The molecule has 0 saturated carbocycles. The average molecular weight is 381 g/mol. The molecule has 140 valence electrons. The van der Waals surface area contributed by atoms with Crippen molar-refractivity contribution in [3.8, 4) is 11.1 Å². The quantitative estimate of drug-likeness (QED) is 0.486. The fraction of sp³-hybridized carbons (Fsp3) is 0.111. The highest BCUT2D eigenvalue weighted by molar-refractivity contribution is 5.94. The van der Waals surface area contributed by atoms with Crippen LogP contribution in [0, 0.1) is 11.6 Å². The van der Waals surface area contributed by atoms with Gasteiger partial charge in [0.1, 0.15) is 11.6 Å². The van der Waals surface area contributed by atoms with Crippen LogP contribution in [0.2, 0.25) is 0 Å². The molecule has 4 nitrogen and oxygen atoms in total. The number of hydrogen-bond donors (Lipinski definition) is 0. The Kier molecular flexibility index (Phi) is 4.69. The predicted molar refractivity (Wildman–Crippen MR) is 88.2 cm³/mol. The summed E-state index contributed by atoms with van der Waals surface area (Å²) in [6.45, 7) is 0. The minimum atomic E-state index is -4.80. The largest absolute Gasteiger partial charge is 0.437 e. The second kappa shape index (κ2) is 6.82. The Hall–Kier alpha value is -3.23. The molecule has 1 heterocycles. The van der Waals surface area contributed by atoms with Crippen molar-refractivity contribution in [2.75, 3.05) is 4.90 Å². The number of rotatable bonds is 4. The first-order valence-corrected chi connectivity index (χ1v) is 7.61. The van der Waals surface area contributed by atoms with Gasteiger partial charge >= 0.3 is 6.18 Å². The van der Waals surface area contributed by atoms with Gasteiger partial charge in [-0.05, 0) is 35.9 Å². The highest BCUT2D eigenvalue weighted by atomic mass is 19.4. The number of alkyl halides is 3. The van der Waals surface area contributed by atoms with Gasteiger partial charge < -0.3 is 0 Å². The molecule has 0 bridgehead atoms. The van der Waals surface area contributed by atoms with Crippen molar-refractivity contribution in [1.29, 1.82) is 0 Å². The highest BCUT2D eigenvalue weighted by Crippen LogP contribution is 2.40. The first-order chi connectivity index (χ1) is 12.7. The summed E-state index contributed by atoms with van der Waals surface area (Å²) in [4.78, 5) is 12.4. The number of amides is 1. The Morgan fingerprint density at radius 2 is 1.63 bits per heavy atom. The topological polar surface area (TPSA) is 38.1 Å². The van der Waals surface area contributed by atoms with E-state index in [0.717, 1.165) is 40.0 Å². The van der Waals surface area contributed by atoms with E-state index < -0.39 is 29.2 Å². The van der Waals surface area contributed by atoms with Gasteiger partial charge in [0.05, 0.1) is 11.4 Å². The highest BCUT2D eigenvalue weighted by Gasteiger charge is 2.39. The maximum absolute atomic E-state index is 13.8. The lowest BCUT2D eigenvalue weighted by Crippen LogP contribution is -2.19. The summed E-state index contributed by atoms with van der Waals surface area (Å²) >= 11 is 0. The molecule has 0 unspecified atom stereocenters. The lowest BCUT2D eigenvalue weighted by Gasteiger charge is -2.21. The van der Waals surface area contributed by atoms with Gasteiger partial charge in [0.2, 0.25) is 6.41 Å². The van der Waals surface area contributed by atoms with Crippen LogP contribution in [0.3, 0.4) is 0 Å². The standard InChI is InChI=1S/C18H12F5N3O/c1-25-9-16(17(24-25)18(21,22)23)26(10-27)15-7-6-13(20)8-14(15)11-2-4-12(19)5-3-11/h2-10H,1H3. The number of carbonyl (C=O) groups excluding carboxylic acids is 1.